The second kappa shape index (κ2) is 14.7. The molecule has 0 amide bonds. The Morgan fingerprint density at radius 2 is 0.750 bits per heavy atom. The van der Waals surface area contributed by atoms with Crippen LogP contribution in [0.15, 0.2) is 228 Å². The summed E-state index contributed by atoms with van der Waals surface area (Å²) in [6.07, 6.45) is 9.16. The maximum atomic E-state index is 8.03. The van der Waals surface area contributed by atoms with E-state index in [1.807, 2.05) is 0 Å². The number of rotatable bonds is 6. The highest BCUT2D eigenvalue weighted by Gasteiger charge is 2.49. The first-order valence-electron chi connectivity index (χ1n) is 20.6. The van der Waals surface area contributed by atoms with Gasteiger partial charge in [0.05, 0.1) is 50.0 Å². The standard InChI is InChI=1S/C56H40BrClN2/c57-43-37-52(59-48-33-17-13-29-44(48)55(39-21-5-1-6-22-39,40-23-7-2-8-24-40)45-30-14-18-34-49(45)59)54(58)53(38-43)60-50-35-19-15-31-46(50)56(41-25-9-3-10-26-41,42-27-11-4-12-28-42)47-32-16-20-36-51(47)60/h1-3,5-11,13-38H,4,12H2. The van der Waals surface area contributed by atoms with E-state index in [-0.39, 0.29) is 0 Å². The van der Waals surface area contributed by atoms with Crippen LogP contribution in [-0.2, 0) is 10.8 Å². The van der Waals surface area contributed by atoms with Gasteiger partial charge in [0.25, 0.3) is 0 Å². The van der Waals surface area contributed by atoms with E-state index in [0.717, 1.165) is 51.4 Å². The minimum absolute atomic E-state index is 0.536. The molecule has 2 aliphatic heterocycles. The monoisotopic (exact) mass is 854 g/mol. The number of para-hydroxylation sites is 4. The van der Waals surface area contributed by atoms with Crippen molar-refractivity contribution in [1.29, 1.82) is 0 Å². The normalized spacial score (nSPS) is 15.6. The van der Waals surface area contributed by atoms with E-state index in [0.29, 0.717) is 5.02 Å². The molecule has 0 unspecified atom stereocenters. The molecule has 8 aromatic rings. The molecule has 60 heavy (non-hydrogen) atoms. The molecule has 0 spiro atoms. The molecule has 0 aromatic heterocycles. The molecule has 8 aromatic carbocycles. The third-order valence-electron chi connectivity index (χ3n) is 12.7. The molecule has 0 atom stereocenters. The zero-order valence-electron chi connectivity index (χ0n) is 32.8. The van der Waals surface area contributed by atoms with Gasteiger partial charge in [-0.15, -0.1) is 0 Å². The summed E-state index contributed by atoms with van der Waals surface area (Å²) in [5.41, 5.74) is 14.8. The fourth-order valence-electron chi connectivity index (χ4n) is 10.4. The van der Waals surface area contributed by atoms with Crippen LogP contribution in [0.3, 0.4) is 0 Å². The fourth-order valence-corrected chi connectivity index (χ4v) is 11.1. The minimum atomic E-state index is -0.582. The molecular weight excluding hydrogens is 816 g/mol. The van der Waals surface area contributed by atoms with Crippen LogP contribution in [0.1, 0.15) is 51.8 Å². The quantitative estimate of drug-likeness (QED) is 0.164. The molecule has 0 bridgehead atoms. The SMILES string of the molecule is Clc1c(N2c3ccccc3C(C3=CCCC=C3)(c3ccccc3)c3ccccc32)cc(Br)cc1N1c2ccccc2C(c2ccccc2)(c2ccccc2)c2ccccc21. The molecule has 4 heteroatoms. The molecule has 1 aliphatic carbocycles. The minimum Gasteiger partial charge on any atom is -0.308 e. The number of anilines is 6. The van der Waals surface area contributed by atoms with Crippen molar-refractivity contribution in [2.24, 2.45) is 0 Å². The lowest BCUT2D eigenvalue weighted by Crippen LogP contribution is -2.38. The highest BCUT2D eigenvalue weighted by molar-refractivity contribution is 9.10. The zero-order chi connectivity index (χ0) is 40.3. The number of allylic oxidation sites excluding steroid dienone is 4. The van der Waals surface area contributed by atoms with Crippen molar-refractivity contribution < 1.29 is 0 Å². The van der Waals surface area contributed by atoms with Crippen LogP contribution in [0.2, 0.25) is 5.02 Å². The lowest BCUT2D eigenvalue weighted by molar-refractivity contribution is 0.718. The predicted octanol–water partition coefficient (Wildman–Crippen LogP) is 15.7. The number of nitrogens with zero attached hydrogens (tertiary/aromatic N) is 2. The Bertz CT molecular complexity index is 2840. The van der Waals surface area contributed by atoms with E-state index in [2.05, 4.69) is 244 Å². The van der Waals surface area contributed by atoms with E-state index in [4.69, 9.17) is 11.6 Å². The van der Waals surface area contributed by atoms with Gasteiger partial charge in [-0.2, -0.15) is 0 Å². The van der Waals surface area contributed by atoms with Crippen LogP contribution in [0, 0.1) is 0 Å². The van der Waals surface area contributed by atoms with Crippen molar-refractivity contribution in [2.45, 2.75) is 23.7 Å². The molecule has 288 valence electrons. The van der Waals surface area contributed by atoms with Crippen LogP contribution in [0.5, 0.6) is 0 Å². The van der Waals surface area contributed by atoms with Gasteiger partial charge in [0, 0.05) is 4.47 Å². The summed E-state index contributed by atoms with van der Waals surface area (Å²) in [7, 11) is 0. The molecule has 2 nitrogen and oxygen atoms in total. The number of hydrogen-bond donors (Lipinski definition) is 0. The van der Waals surface area contributed by atoms with E-state index in [1.165, 1.54) is 44.5 Å². The Balaban J connectivity index is 1.17. The molecule has 0 fully saturated rings. The Hall–Kier alpha value is -6.39. The van der Waals surface area contributed by atoms with Crippen molar-refractivity contribution in [3.05, 3.63) is 272 Å². The Labute approximate surface area is 365 Å². The third kappa shape index (κ3) is 5.32. The van der Waals surface area contributed by atoms with E-state index >= 15 is 0 Å². The first-order chi connectivity index (χ1) is 29.6. The maximum Gasteiger partial charge on any atom is 0.0887 e. The molecule has 0 radical (unpaired) electrons. The van der Waals surface area contributed by atoms with Gasteiger partial charge in [-0.05, 0) is 93.8 Å². The second-order valence-corrected chi connectivity index (χ2v) is 17.0. The number of benzene rings is 8. The topological polar surface area (TPSA) is 6.48 Å². The largest absolute Gasteiger partial charge is 0.308 e. The van der Waals surface area contributed by atoms with Crippen molar-refractivity contribution in [3.8, 4) is 0 Å². The molecule has 2 heterocycles. The van der Waals surface area contributed by atoms with Gasteiger partial charge in [0.2, 0.25) is 0 Å². The average Bonchev–Trinajstić information content (AvgIpc) is 3.32. The predicted molar refractivity (Wildman–Crippen MR) is 253 cm³/mol. The van der Waals surface area contributed by atoms with Gasteiger partial charge in [-0.25, -0.2) is 0 Å². The molecule has 11 rings (SSSR count). The highest BCUT2D eigenvalue weighted by Crippen LogP contribution is 2.62. The van der Waals surface area contributed by atoms with Crippen LogP contribution in [0.4, 0.5) is 34.1 Å². The highest BCUT2D eigenvalue weighted by atomic mass is 79.9. The van der Waals surface area contributed by atoms with Crippen LogP contribution in [0.25, 0.3) is 0 Å². The molecule has 0 N–H and O–H groups in total. The summed E-state index contributed by atoms with van der Waals surface area (Å²) < 4.78 is 0.933. The summed E-state index contributed by atoms with van der Waals surface area (Å²) in [5.74, 6) is 0. The first-order valence-corrected chi connectivity index (χ1v) is 21.8. The van der Waals surface area contributed by atoms with Crippen molar-refractivity contribution >= 4 is 61.7 Å². The lowest BCUT2D eigenvalue weighted by Gasteiger charge is -2.48. The van der Waals surface area contributed by atoms with Gasteiger partial charge in [-0.3, -0.25) is 0 Å². The van der Waals surface area contributed by atoms with Gasteiger partial charge in [-0.1, -0.05) is 210 Å². The van der Waals surface area contributed by atoms with Crippen molar-refractivity contribution in [2.75, 3.05) is 9.80 Å². The molecule has 0 saturated carbocycles. The smallest absolute Gasteiger partial charge is 0.0887 e. The van der Waals surface area contributed by atoms with Crippen molar-refractivity contribution in [1.82, 2.24) is 0 Å². The van der Waals surface area contributed by atoms with Gasteiger partial charge in [0.15, 0.2) is 0 Å². The third-order valence-corrected chi connectivity index (χ3v) is 13.6. The van der Waals surface area contributed by atoms with Crippen molar-refractivity contribution in [3.63, 3.8) is 0 Å². The summed E-state index contributed by atoms with van der Waals surface area (Å²) in [5, 5.41) is 0.656. The lowest BCUT2D eigenvalue weighted by atomic mass is 9.61. The van der Waals surface area contributed by atoms with Gasteiger partial charge < -0.3 is 9.80 Å². The van der Waals surface area contributed by atoms with Crippen LogP contribution in [-0.4, -0.2) is 0 Å². The van der Waals surface area contributed by atoms with E-state index in [9.17, 15) is 0 Å². The first kappa shape index (κ1) is 36.7. The van der Waals surface area contributed by atoms with Gasteiger partial charge in [0.1, 0.15) is 0 Å². The summed E-state index contributed by atoms with van der Waals surface area (Å²) in [6.45, 7) is 0. The summed E-state index contributed by atoms with van der Waals surface area (Å²) >= 11 is 12.1. The molecule has 0 saturated heterocycles. The number of halogens is 2. The van der Waals surface area contributed by atoms with E-state index in [1.54, 1.807) is 0 Å². The number of hydrogen-bond acceptors (Lipinski definition) is 2. The summed E-state index contributed by atoms with van der Waals surface area (Å²) in [4.78, 5) is 4.76. The maximum absolute atomic E-state index is 8.03. The Morgan fingerprint density at radius 3 is 1.13 bits per heavy atom. The van der Waals surface area contributed by atoms with Crippen LogP contribution >= 0.6 is 27.5 Å². The second-order valence-electron chi connectivity index (χ2n) is 15.7. The fraction of sp³-hybridized carbons (Fsp3) is 0.0714. The summed E-state index contributed by atoms with van der Waals surface area (Å²) in [6, 6.07) is 72.7. The molecular formula is C56H40BrClN2. The van der Waals surface area contributed by atoms with E-state index < -0.39 is 10.8 Å². The Morgan fingerprint density at radius 1 is 0.400 bits per heavy atom. The average molecular weight is 856 g/mol. The van der Waals surface area contributed by atoms with Gasteiger partial charge >= 0.3 is 0 Å². The number of fused-ring (bicyclic) bond motifs is 4. The van der Waals surface area contributed by atoms with Crippen LogP contribution < -0.4 is 9.80 Å². The molecule has 3 aliphatic rings. The Kier molecular flexibility index (Phi) is 8.99. The zero-order valence-corrected chi connectivity index (χ0v) is 35.2.